The minimum Gasteiger partial charge on any atom is -0.325 e. The second kappa shape index (κ2) is 7.52. The molecule has 0 radical (unpaired) electrons. The zero-order valence-corrected chi connectivity index (χ0v) is 15.7. The molecule has 1 saturated carbocycles. The van der Waals surface area contributed by atoms with Crippen molar-refractivity contribution in [2.24, 2.45) is 0 Å². The van der Waals surface area contributed by atoms with Crippen LogP contribution >= 0.6 is 11.8 Å². The Kier molecular flexibility index (Phi) is 4.94. The number of aryl methyl sites for hydroxylation is 1. The molecule has 1 fully saturated rings. The molecular formula is C20H19FN4OS. The molecule has 7 heteroatoms. The third-order valence-electron chi connectivity index (χ3n) is 4.34. The Hall–Kier alpha value is -2.67. The summed E-state index contributed by atoms with van der Waals surface area (Å²) in [7, 11) is 0. The van der Waals surface area contributed by atoms with Gasteiger partial charge in [-0.2, -0.15) is 0 Å². The minimum atomic E-state index is -0.335. The van der Waals surface area contributed by atoms with Crippen LogP contribution in [0.2, 0.25) is 0 Å². The van der Waals surface area contributed by atoms with Crippen molar-refractivity contribution in [2.75, 3.05) is 11.1 Å². The van der Waals surface area contributed by atoms with E-state index in [1.54, 1.807) is 19.1 Å². The summed E-state index contributed by atoms with van der Waals surface area (Å²) in [5.41, 5.74) is 1.97. The van der Waals surface area contributed by atoms with E-state index in [1.165, 1.54) is 17.8 Å². The van der Waals surface area contributed by atoms with Crippen LogP contribution in [-0.2, 0) is 4.79 Å². The first-order valence-corrected chi connectivity index (χ1v) is 9.80. The van der Waals surface area contributed by atoms with Crippen LogP contribution in [-0.4, -0.2) is 26.4 Å². The van der Waals surface area contributed by atoms with Gasteiger partial charge in [-0.3, -0.25) is 4.79 Å². The van der Waals surface area contributed by atoms with Gasteiger partial charge in [0.2, 0.25) is 11.1 Å². The number of carbonyl (C=O) groups excluding carboxylic acids is 1. The molecule has 27 heavy (non-hydrogen) atoms. The van der Waals surface area contributed by atoms with E-state index in [2.05, 4.69) is 15.4 Å². The lowest BCUT2D eigenvalue weighted by molar-refractivity contribution is -0.113. The average molecular weight is 382 g/mol. The molecule has 1 amide bonds. The summed E-state index contributed by atoms with van der Waals surface area (Å²) in [5.74, 6) is 1.00. The van der Waals surface area contributed by atoms with Gasteiger partial charge in [-0.1, -0.05) is 36.0 Å². The van der Waals surface area contributed by atoms with Crippen LogP contribution in [0.25, 0.3) is 5.69 Å². The van der Waals surface area contributed by atoms with Gasteiger partial charge in [-0.05, 0) is 49.6 Å². The number of halogens is 1. The normalized spacial score (nSPS) is 13.6. The third kappa shape index (κ3) is 4.19. The van der Waals surface area contributed by atoms with E-state index < -0.39 is 0 Å². The Morgan fingerprint density at radius 1 is 1.26 bits per heavy atom. The molecule has 4 rings (SSSR count). The van der Waals surface area contributed by atoms with Crippen LogP contribution in [0.4, 0.5) is 10.1 Å². The summed E-state index contributed by atoms with van der Waals surface area (Å²) in [6.07, 6.45) is 2.24. The highest BCUT2D eigenvalue weighted by Crippen LogP contribution is 2.40. The molecule has 1 aromatic heterocycles. The van der Waals surface area contributed by atoms with Crippen molar-refractivity contribution in [1.82, 2.24) is 14.8 Å². The van der Waals surface area contributed by atoms with Crippen molar-refractivity contribution < 1.29 is 9.18 Å². The molecule has 0 bridgehead atoms. The number of nitrogens with zero attached hydrogens (tertiary/aromatic N) is 3. The molecule has 1 aliphatic carbocycles. The molecule has 0 aliphatic heterocycles. The number of aromatic nitrogens is 3. The molecule has 0 atom stereocenters. The van der Waals surface area contributed by atoms with E-state index in [-0.39, 0.29) is 17.5 Å². The fourth-order valence-electron chi connectivity index (χ4n) is 2.73. The van der Waals surface area contributed by atoms with E-state index >= 15 is 0 Å². The number of benzene rings is 2. The Balaban J connectivity index is 1.43. The maximum absolute atomic E-state index is 13.6. The number of amides is 1. The maximum atomic E-state index is 13.6. The summed E-state index contributed by atoms with van der Waals surface area (Å²) < 4.78 is 15.5. The molecule has 0 saturated heterocycles. The van der Waals surface area contributed by atoms with Gasteiger partial charge in [0, 0.05) is 11.6 Å². The van der Waals surface area contributed by atoms with E-state index in [4.69, 9.17) is 0 Å². The van der Waals surface area contributed by atoms with Crippen molar-refractivity contribution in [3.05, 3.63) is 65.7 Å². The second-order valence-corrected chi connectivity index (χ2v) is 7.52. The van der Waals surface area contributed by atoms with Crippen LogP contribution in [0, 0.1) is 12.7 Å². The van der Waals surface area contributed by atoms with E-state index in [1.807, 2.05) is 35.0 Å². The monoisotopic (exact) mass is 382 g/mol. The quantitative estimate of drug-likeness (QED) is 0.645. The zero-order valence-electron chi connectivity index (χ0n) is 14.9. The van der Waals surface area contributed by atoms with Gasteiger partial charge >= 0.3 is 0 Å². The molecule has 2 aromatic carbocycles. The number of nitrogens with one attached hydrogen (secondary N) is 1. The molecule has 0 unspecified atom stereocenters. The molecule has 1 heterocycles. The highest BCUT2D eigenvalue weighted by Gasteiger charge is 2.30. The number of rotatable bonds is 6. The number of para-hydroxylation sites is 1. The molecule has 1 aliphatic rings. The van der Waals surface area contributed by atoms with Crippen LogP contribution in [0.3, 0.4) is 0 Å². The van der Waals surface area contributed by atoms with Crippen LogP contribution in [0.5, 0.6) is 0 Å². The summed E-state index contributed by atoms with van der Waals surface area (Å²) in [6.45, 7) is 1.68. The Bertz CT molecular complexity index is 969. The van der Waals surface area contributed by atoms with Gasteiger partial charge in [0.25, 0.3) is 0 Å². The first-order valence-electron chi connectivity index (χ1n) is 8.81. The fourth-order valence-corrected chi connectivity index (χ4v) is 3.36. The van der Waals surface area contributed by atoms with E-state index in [9.17, 15) is 9.18 Å². The van der Waals surface area contributed by atoms with E-state index in [0.29, 0.717) is 22.3 Å². The molecular weight excluding hydrogens is 363 g/mol. The van der Waals surface area contributed by atoms with Crippen LogP contribution in [0.1, 0.15) is 30.1 Å². The zero-order chi connectivity index (χ0) is 18.8. The van der Waals surface area contributed by atoms with Gasteiger partial charge in [0.15, 0.2) is 0 Å². The van der Waals surface area contributed by atoms with Crippen molar-refractivity contribution in [2.45, 2.75) is 30.8 Å². The lowest BCUT2D eigenvalue weighted by Crippen LogP contribution is -2.14. The van der Waals surface area contributed by atoms with Crippen molar-refractivity contribution >= 4 is 23.4 Å². The number of thioether (sulfide) groups is 1. The lowest BCUT2D eigenvalue weighted by Gasteiger charge is -2.05. The third-order valence-corrected chi connectivity index (χ3v) is 5.18. The van der Waals surface area contributed by atoms with Gasteiger partial charge in [0.05, 0.1) is 11.4 Å². The Morgan fingerprint density at radius 3 is 2.74 bits per heavy atom. The summed E-state index contributed by atoms with van der Waals surface area (Å²) in [6, 6.07) is 14.5. The lowest BCUT2D eigenvalue weighted by atomic mass is 10.2. The minimum absolute atomic E-state index is 0.165. The Labute approximate surface area is 161 Å². The van der Waals surface area contributed by atoms with Crippen molar-refractivity contribution in [1.29, 1.82) is 0 Å². The van der Waals surface area contributed by atoms with E-state index in [0.717, 1.165) is 24.4 Å². The molecule has 138 valence electrons. The highest BCUT2D eigenvalue weighted by atomic mass is 32.2. The standard InChI is InChI=1S/C20H19FN4OS/c1-13-7-10-15(11-17(13)21)22-18(26)12-27-20-23-19(14-8-9-14)25(24-20)16-5-3-2-4-6-16/h2-7,10-11,14H,8-9,12H2,1H3,(H,22,26). The van der Waals surface area contributed by atoms with Crippen molar-refractivity contribution in [3.63, 3.8) is 0 Å². The van der Waals surface area contributed by atoms with Gasteiger partial charge in [0.1, 0.15) is 11.6 Å². The molecule has 0 spiro atoms. The van der Waals surface area contributed by atoms with Crippen LogP contribution in [0.15, 0.2) is 53.7 Å². The predicted octanol–water partition coefficient (Wildman–Crippen LogP) is 4.32. The highest BCUT2D eigenvalue weighted by molar-refractivity contribution is 7.99. The van der Waals surface area contributed by atoms with Gasteiger partial charge in [-0.25, -0.2) is 14.1 Å². The largest absolute Gasteiger partial charge is 0.325 e. The molecule has 5 nitrogen and oxygen atoms in total. The summed E-state index contributed by atoms with van der Waals surface area (Å²) in [4.78, 5) is 16.8. The smallest absolute Gasteiger partial charge is 0.234 e. The summed E-state index contributed by atoms with van der Waals surface area (Å²) in [5, 5.41) is 7.86. The molecule has 1 N–H and O–H groups in total. The number of hydrogen-bond donors (Lipinski definition) is 1. The van der Waals surface area contributed by atoms with Crippen LogP contribution < -0.4 is 5.32 Å². The summed E-state index contributed by atoms with van der Waals surface area (Å²) >= 11 is 1.28. The second-order valence-electron chi connectivity index (χ2n) is 6.58. The van der Waals surface area contributed by atoms with Gasteiger partial charge < -0.3 is 5.32 Å². The SMILES string of the molecule is Cc1ccc(NC(=O)CSc2nc(C3CC3)n(-c3ccccc3)n2)cc1F. The first kappa shape index (κ1) is 17.7. The van der Waals surface area contributed by atoms with Crippen molar-refractivity contribution in [3.8, 4) is 5.69 Å². The topological polar surface area (TPSA) is 59.8 Å². The first-order chi connectivity index (χ1) is 13.1. The maximum Gasteiger partial charge on any atom is 0.234 e. The number of anilines is 1. The predicted molar refractivity (Wildman–Crippen MR) is 104 cm³/mol. The Morgan fingerprint density at radius 2 is 2.04 bits per heavy atom. The molecule has 3 aromatic rings. The number of hydrogen-bond acceptors (Lipinski definition) is 4. The number of carbonyl (C=O) groups is 1. The average Bonchev–Trinajstić information content (AvgIpc) is 3.43. The van der Waals surface area contributed by atoms with Gasteiger partial charge in [-0.15, -0.1) is 5.10 Å². The fraction of sp³-hybridized carbons (Fsp3) is 0.250.